The number of alkyl carbamates (subject to hydrolysis) is 1. The maximum Gasteiger partial charge on any atom is 0.407 e. The second kappa shape index (κ2) is 15.9. The number of hydrogen-bond donors (Lipinski definition) is 3. The molecule has 1 amide bonds. The quantitative estimate of drug-likeness (QED) is 0.179. The van der Waals surface area contributed by atoms with Gasteiger partial charge in [-0.2, -0.15) is 4.31 Å². The third kappa shape index (κ3) is 9.56. The monoisotopic (exact) mass is 645 g/mol. The van der Waals surface area contributed by atoms with E-state index in [2.05, 4.69) is 5.32 Å². The lowest BCUT2D eigenvalue weighted by Gasteiger charge is -2.35. The molecule has 0 heterocycles. The number of hydrogen-bond acceptors (Lipinski definition) is 7. The highest BCUT2D eigenvalue weighted by Crippen LogP contribution is 2.34. The molecule has 9 nitrogen and oxygen atoms in total. The fraction of sp³-hybridized carbons (Fsp3) is 0.394. The second-order valence-corrected chi connectivity index (χ2v) is 13.0. The summed E-state index contributed by atoms with van der Waals surface area (Å²) in [6, 6.07) is 20.2. The van der Waals surface area contributed by atoms with Crippen LogP contribution in [0, 0.1) is 0 Å². The van der Waals surface area contributed by atoms with Crippen LogP contribution in [0.15, 0.2) is 89.8 Å². The zero-order valence-electron chi connectivity index (χ0n) is 25.6. The van der Waals surface area contributed by atoms with Gasteiger partial charge in [0.2, 0.25) is 15.9 Å². The van der Waals surface area contributed by atoms with Gasteiger partial charge in [-0.1, -0.05) is 60.7 Å². The molecule has 12 heteroatoms. The summed E-state index contributed by atoms with van der Waals surface area (Å²) in [5, 5.41) is 12.7. The number of sulfonamides is 1. The van der Waals surface area contributed by atoms with Crippen LogP contribution in [0.4, 0.5) is 19.3 Å². The fourth-order valence-electron chi connectivity index (χ4n) is 5.45. The van der Waals surface area contributed by atoms with Gasteiger partial charge in [0.15, 0.2) is 5.78 Å². The van der Waals surface area contributed by atoms with E-state index >= 15 is 8.78 Å². The first-order chi connectivity index (χ1) is 21.3. The van der Waals surface area contributed by atoms with Crippen molar-refractivity contribution in [3.05, 3.63) is 96.1 Å². The molecule has 2 atom stereocenters. The Kier molecular flexibility index (Phi) is 12.6. The lowest BCUT2D eigenvalue weighted by atomic mass is 9.82. The van der Waals surface area contributed by atoms with E-state index in [0.29, 0.717) is 5.69 Å². The number of nitrogens with two attached hydrogens (primary N) is 1. The lowest BCUT2D eigenvalue weighted by Crippen LogP contribution is -2.49. The van der Waals surface area contributed by atoms with Gasteiger partial charge in [-0.25, -0.2) is 22.0 Å². The first kappa shape index (κ1) is 35.6. The maximum atomic E-state index is 15.4. The maximum absolute atomic E-state index is 15.4. The van der Waals surface area contributed by atoms with Crippen molar-refractivity contribution in [2.45, 2.75) is 74.4 Å². The Morgan fingerprint density at radius 2 is 1.49 bits per heavy atom. The number of benzene rings is 3. The van der Waals surface area contributed by atoms with Crippen molar-refractivity contribution in [2.75, 3.05) is 19.5 Å². The van der Waals surface area contributed by atoms with Gasteiger partial charge < -0.3 is 20.9 Å². The van der Waals surface area contributed by atoms with Crippen molar-refractivity contribution in [1.82, 2.24) is 9.62 Å². The molecule has 244 valence electrons. The number of nitrogens with one attached hydrogen (secondary N) is 1. The summed E-state index contributed by atoms with van der Waals surface area (Å²) in [5.41, 5.74) is 7.49. The number of aliphatic hydroxyl groups is 1. The molecule has 0 bridgehead atoms. The van der Waals surface area contributed by atoms with Crippen molar-refractivity contribution < 1.29 is 36.6 Å². The molecule has 0 saturated heterocycles. The molecule has 0 unspecified atom stereocenters. The fourth-order valence-corrected chi connectivity index (χ4v) is 7.26. The molecule has 0 aliphatic rings. The first-order valence-electron chi connectivity index (χ1n) is 14.7. The lowest BCUT2D eigenvalue weighted by molar-refractivity contribution is -0.121. The number of carbonyl (C=O) groups is 2. The highest BCUT2D eigenvalue weighted by atomic mass is 32.2. The summed E-state index contributed by atoms with van der Waals surface area (Å²) in [4.78, 5) is 25.8. The highest BCUT2D eigenvalue weighted by molar-refractivity contribution is 7.89. The van der Waals surface area contributed by atoms with Crippen LogP contribution in [0.25, 0.3) is 0 Å². The molecule has 0 aromatic heterocycles. The molecule has 3 rings (SSSR count). The first-order valence-corrected chi connectivity index (χ1v) is 16.1. The standard InChI is InChI=1S/C33H41F2N3O6S/c1-23(2)38(45(42,43)28-18-16-26(36)17-19-28)27(22-39)21-33(34,35)20-10-15-29(40)31(37-32(41)44-3)30(24-11-6-4-7-12-24)25-13-8-5-9-14-25/h4-9,11-14,16-19,23,27,30-31,39H,10,15,20-22,36H2,1-3H3,(H,37,41)/t27-,31+/m0/s1. The van der Waals surface area contributed by atoms with Crippen LogP contribution in [0.1, 0.15) is 56.6 Å². The van der Waals surface area contributed by atoms with Crippen molar-refractivity contribution in [2.24, 2.45) is 0 Å². The van der Waals surface area contributed by atoms with E-state index < -0.39 is 71.3 Å². The van der Waals surface area contributed by atoms with E-state index in [0.717, 1.165) is 15.4 Å². The predicted octanol–water partition coefficient (Wildman–Crippen LogP) is 5.35. The predicted molar refractivity (Wildman–Crippen MR) is 168 cm³/mol. The number of Topliss-reactive ketones (excluding diaryl/α,β-unsaturated/α-hetero) is 1. The van der Waals surface area contributed by atoms with Crippen LogP contribution in [0.2, 0.25) is 0 Å². The molecule has 0 fully saturated rings. The van der Waals surface area contributed by atoms with E-state index in [9.17, 15) is 23.1 Å². The van der Waals surface area contributed by atoms with Crippen LogP contribution in [-0.4, -0.2) is 67.5 Å². The van der Waals surface area contributed by atoms with Crippen LogP contribution in [0.3, 0.4) is 0 Å². The molecule has 4 N–H and O–H groups in total. The molecule has 0 spiro atoms. The number of halogens is 2. The molecule has 0 aliphatic carbocycles. The number of aliphatic hydroxyl groups excluding tert-OH is 1. The van der Waals surface area contributed by atoms with E-state index in [1.807, 2.05) is 36.4 Å². The largest absolute Gasteiger partial charge is 0.453 e. The Labute approximate surface area is 263 Å². The molecule has 3 aromatic carbocycles. The van der Waals surface area contributed by atoms with Crippen LogP contribution < -0.4 is 11.1 Å². The summed E-state index contributed by atoms with van der Waals surface area (Å²) in [6.07, 6.45) is -3.06. The van der Waals surface area contributed by atoms with Gasteiger partial charge in [-0.05, 0) is 55.7 Å². The summed E-state index contributed by atoms with van der Waals surface area (Å²) in [6.45, 7) is 2.25. The highest BCUT2D eigenvalue weighted by Gasteiger charge is 2.41. The normalized spacial score (nSPS) is 13.5. The van der Waals surface area contributed by atoms with Crippen LogP contribution >= 0.6 is 0 Å². The van der Waals surface area contributed by atoms with Gasteiger partial charge in [0, 0.05) is 36.9 Å². The molecule has 0 radical (unpaired) electrons. The number of nitrogens with zero attached hydrogens (tertiary/aromatic N) is 1. The molecule has 0 saturated carbocycles. The van der Waals surface area contributed by atoms with Gasteiger partial charge in [-0.15, -0.1) is 0 Å². The van der Waals surface area contributed by atoms with Crippen LogP contribution in [0.5, 0.6) is 0 Å². The minimum absolute atomic E-state index is 0.131. The number of carbonyl (C=O) groups excluding carboxylic acids is 2. The molecule has 3 aromatic rings. The summed E-state index contributed by atoms with van der Waals surface area (Å²) < 4.78 is 63.2. The third-order valence-electron chi connectivity index (χ3n) is 7.49. The van der Waals surface area contributed by atoms with E-state index in [4.69, 9.17) is 10.5 Å². The number of alkyl halides is 2. The second-order valence-electron chi connectivity index (χ2n) is 11.1. The van der Waals surface area contributed by atoms with Gasteiger partial charge in [-0.3, -0.25) is 4.79 Å². The molecule has 0 aliphatic heterocycles. The Morgan fingerprint density at radius 1 is 0.956 bits per heavy atom. The number of rotatable bonds is 16. The van der Waals surface area contributed by atoms with Gasteiger partial charge >= 0.3 is 6.09 Å². The zero-order valence-corrected chi connectivity index (χ0v) is 26.4. The number of ether oxygens (including phenoxy) is 1. The summed E-state index contributed by atoms with van der Waals surface area (Å²) >= 11 is 0. The van der Waals surface area contributed by atoms with E-state index in [-0.39, 0.29) is 17.7 Å². The number of amides is 1. The summed E-state index contributed by atoms with van der Waals surface area (Å²) in [7, 11) is -3.07. The third-order valence-corrected chi connectivity index (χ3v) is 9.63. The molecular formula is C33H41F2N3O6S. The van der Waals surface area contributed by atoms with Crippen LogP contribution in [-0.2, 0) is 19.6 Å². The van der Waals surface area contributed by atoms with Gasteiger partial charge in [0.25, 0.3) is 0 Å². The number of ketones is 1. The van der Waals surface area contributed by atoms with Crippen molar-refractivity contribution in [1.29, 1.82) is 0 Å². The average molecular weight is 646 g/mol. The number of nitrogen functional groups attached to an aromatic ring is 1. The van der Waals surface area contributed by atoms with E-state index in [1.165, 1.54) is 31.4 Å². The minimum Gasteiger partial charge on any atom is -0.453 e. The number of methoxy groups -OCH3 is 1. The Morgan fingerprint density at radius 3 is 1.96 bits per heavy atom. The minimum atomic E-state index is -4.24. The average Bonchev–Trinajstić information content (AvgIpc) is 3.01. The Bertz CT molecular complexity index is 1450. The van der Waals surface area contributed by atoms with E-state index in [1.54, 1.807) is 38.1 Å². The zero-order chi connectivity index (χ0) is 33.2. The molecular weight excluding hydrogens is 604 g/mol. The Balaban J connectivity index is 1.78. The Hall–Kier alpha value is -3.87. The smallest absolute Gasteiger partial charge is 0.407 e. The van der Waals surface area contributed by atoms with Crippen molar-refractivity contribution >= 4 is 27.6 Å². The number of anilines is 1. The van der Waals surface area contributed by atoms with Crippen molar-refractivity contribution in [3.8, 4) is 0 Å². The van der Waals surface area contributed by atoms with Gasteiger partial charge in [0.05, 0.1) is 24.7 Å². The van der Waals surface area contributed by atoms with Crippen molar-refractivity contribution in [3.63, 3.8) is 0 Å². The SMILES string of the molecule is COC(=O)N[C@H](C(=O)CCCC(F)(F)C[C@@H](CO)N(C(C)C)S(=O)(=O)c1ccc(N)cc1)C(c1ccccc1)c1ccccc1. The topological polar surface area (TPSA) is 139 Å². The van der Waals surface area contributed by atoms with Gasteiger partial charge in [0.1, 0.15) is 6.04 Å². The molecule has 45 heavy (non-hydrogen) atoms. The summed E-state index contributed by atoms with van der Waals surface area (Å²) in [5.74, 6) is -4.50.